The Kier molecular flexibility index (Phi) is 5.99. The molecule has 26 heavy (non-hydrogen) atoms. The SMILES string of the molecule is CC(Oc1ccc(Cl)cc1)C(=O)NC1CCN(c2cccc(F)c2)CC1. The van der Waals surface area contributed by atoms with Crippen LogP contribution < -0.4 is 15.0 Å². The lowest BCUT2D eigenvalue weighted by Crippen LogP contribution is -2.48. The van der Waals surface area contributed by atoms with Gasteiger partial charge in [0.2, 0.25) is 0 Å². The number of hydrogen-bond acceptors (Lipinski definition) is 3. The van der Waals surface area contributed by atoms with Crippen molar-refractivity contribution >= 4 is 23.2 Å². The second kappa shape index (κ2) is 8.41. The first kappa shape index (κ1) is 18.5. The highest BCUT2D eigenvalue weighted by Crippen LogP contribution is 2.21. The maximum absolute atomic E-state index is 13.4. The van der Waals surface area contributed by atoms with E-state index in [4.69, 9.17) is 16.3 Å². The molecule has 0 bridgehead atoms. The Labute approximate surface area is 157 Å². The Morgan fingerprint density at radius 2 is 1.92 bits per heavy atom. The van der Waals surface area contributed by atoms with E-state index < -0.39 is 6.10 Å². The van der Waals surface area contributed by atoms with E-state index in [1.54, 1.807) is 43.3 Å². The largest absolute Gasteiger partial charge is 0.481 e. The molecule has 6 heteroatoms. The summed E-state index contributed by atoms with van der Waals surface area (Å²) in [6, 6.07) is 13.6. The van der Waals surface area contributed by atoms with E-state index in [-0.39, 0.29) is 17.8 Å². The Morgan fingerprint density at radius 3 is 2.58 bits per heavy atom. The molecule has 1 fully saturated rings. The number of piperidine rings is 1. The van der Waals surface area contributed by atoms with Crippen molar-refractivity contribution in [2.24, 2.45) is 0 Å². The summed E-state index contributed by atoms with van der Waals surface area (Å²) in [4.78, 5) is 14.5. The van der Waals surface area contributed by atoms with Crippen LogP contribution in [0.15, 0.2) is 48.5 Å². The molecule has 1 aliphatic heterocycles. The number of nitrogens with zero attached hydrogens (tertiary/aromatic N) is 1. The first-order valence-corrected chi connectivity index (χ1v) is 9.12. The number of nitrogens with one attached hydrogen (secondary N) is 1. The Bertz CT molecular complexity index is 746. The quantitative estimate of drug-likeness (QED) is 0.856. The normalized spacial score (nSPS) is 16.2. The van der Waals surface area contributed by atoms with Crippen molar-refractivity contribution in [2.45, 2.75) is 31.9 Å². The summed E-state index contributed by atoms with van der Waals surface area (Å²) < 4.78 is 19.0. The van der Waals surface area contributed by atoms with Crippen LogP contribution in [0.5, 0.6) is 5.75 Å². The third-order valence-corrected chi connectivity index (χ3v) is 4.76. The van der Waals surface area contributed by atoms with E-state index in [1.165, 1.54) is 6.07 Å². The summed E-state index contributed by atoms with van der Waals surface area (Å²) in [5.41, 5.74) is 0.884. The fraction of sp³-hybridized carbons (Fsp3) is 0.350. The van der Waals surface area contributed by atoms with Gasteiger partial charge in [0.25, 0.3) is 5.91 Å². The topological polar surface area (TPSA) is 41.6 Å². The van der Waals surface area contributed by atoms with Crippen LogP contribution in [-0.4, -0.2) is 31.1 Å². The van der Waals surface area contributed by atoms with Crippen molar-refractivity contribution in [1.29, 1.82) is 0 Å². The van der Waals surface area contributed by atoms with Gasteiger partial charge in [0.05, 0.1) is 0 Å². The molecule has 1 atom stereocenters. The molecule has 138 valence electrons. The first-order chi connectivity index (χ1) is 12.5. The molecule has 1 saturated heterocycles. The average Bonchev–Trinajstić information content (AvgIpc) is 2.64. The molecular weight excluding hydrogens is 355 g/mol. The number of benzene rings is 2. The third kappa shape index (κ3) is 4.88. The van der Waals surface area contributed by atoms with E-state index in [1.807, 2.05) is 6.07 Å². The number of hydrogen-bond donors (Lipinski definition) is 1. The predicted molar refractivity (Wildman–Crippen MR) is 101 cm³/mol. The van der Waals surface area contributed by atoms with Gasteiger partial charge in [0, 0.05) is 29.8 Å². The number of halogens is 2. The number of carbonyl (C=O) groups is 1. The fourth-order valence-electron chi connectivity index (χ4n) is 3.04. The van der Waals surface area contributed by atoms with Crippen LogP contribution in [0.1, 0.15) is 19.8 Å². The molecule has 3 rings (SSSR count). The molecule has 1 N–H and O–H groups in total. The van der Waals surface area contributed by atoms with Crippen LogP contribution >= 0.6 is 11.6 Å². The third-order valence-electron chi connectivity index (χ3n) is 4.51. The Morgan fingerprint density at radius 1 is 1.23 bits per heavy atom. The van der Waals surface area contributed by atoms with Gasteiger partial charge in [0.1, 0.15) is 11.6 Å². The number of amides is 1. The van der Waals surface area contributed by atoms with E-state index >= 15 is 0 Å². The zero-order valence-electron chi connectivity index (χ0n) is 14.6. The van der Waals surface area contributed by atoms with Crippen LogP contribution in [0, 0.1) is 5.82 Å². The summed E-state index contributed by atoms with van der Waals surface area (Å²) in [7, 11) is 0. The summed E-state index contributed by atoms with van der Waals surface area (Å²) in [6.07, 6.45) is 1.05. The minimum absolute atomic E-state index is 0.101. The fourth-order valence-corrected chi connectivity index (χ4v) is 3.17. The molecule has 0 spiro atoms. The van der Waals surface area contributed by atoms with Gasteiger partial charge in [-0.15, -0.1) is 0 Å². The minimum Gasteiger partial charge on any atom is -0.481 e. The lowest BCUT2D eigenvalue weighted by Gasteiger charge is -2.34. The standard InChI is InChI=1S/C20H22ClFN2O2/c1-14(26-19-7-5-15(21)6-8-19)20(25)23-17-9-11-24(12-10-17)18-4-2-3-16(22)13-18/h2-8,13-14,17H,9-12H2,1H3,(H,23,25). The molecule has 0 saturated carbocycles. The molecular formula is C20H22ClFN2O2. The van der Waals surface area contributed by atoms with Crippen LogP contribution in [-0.2, 0) is 4.79 Å². The van der Waals surface area contributed by atoms with Crippen LogP contribution in [0.4, 0.5) is 10.1 Å². The van der Waals surface area contributed by atoms with Gasteiger partial charge in [-0.05, 0) is 62.2 Å². The number of anilines is 1. The Balaban J connectivity index is 1.47. The molecule has 0 aromatic heterocycles. The zero-order chi connectivity index (χ0) is 18.5. The maximum atomic E-state index is 13.4. The molecule has 0 radical (unpaired) electrons. The van der Waals surface area contributed by atoms with Crippen molar-refractivity contribution in [3.63, 3.8) is 0 Å². The van der Waals surface area contributed by atoms with Gasteiger partial charge in [-0.3, -0.25) is 4.79 Å². The van der Waals surface area contributed by atoms with Gasteiger partial charge in [-0.25, -0.2) is 4.39 Å². The predicted octanol–water partition coefficient (Wildman–Crippen LogP) is 4.03. The van der Waals surface area contributed by atoms with Gasteiger partial charge in [-0.1, -0.05) is 17.7 Å². The van der Waals surface area contributed by atoms with E-state index in [0.717, 1.165) is 31.6 Å². The first-order valence-electron chi connectivity index (χ1n) is 8.74. The van der Waals surface area contributed by atoms with Crippen LogP contribution in [0.3, 0.4) is 0 Å². The highest BCUT2D eigenvalue weighted by atomic mass is 35.5. The minimum atomic E-state index is -0.586. The summed E-state index contributed by atoms with van der Waals surface area (Å²) in [5, 5.41) is 3.67. The van der Waals surface area contributed by atoms with Crippen molar-refractivity contribution in [3.05, 3.63) is 59.4 Å². The van der Waals surface area contributed by atoms with Gasteiger partial charge >= 0.3 is 0 Å². The van der Waals surface area contributed by atoms with Gasteiger partial charge in [0.15, 0.2) is 6.10 Å². The number of ether oxygens (including phenoxy) is 1. The van der Waals surface area contributed by atoms with Gasteiger partial charge < -0.3 is 15.0 Å². The van der Waals surface area contributed by atoms with Crippen molar-refractivity contribution in [1.82, 2.24) is 5.32 Å². The maximum Gasteiger partial charge on any atom is 0.260 e. The molecule has 1 heterocycles. The lowest BCUT2D eigenvalue weighted by molar-refractivity contribution is -0.128. The van der Waals surface area contributed by atoms with Crippen LogP contribution in [0.2, 0.25) is 5.02 Å². The molecule has 1 amide bonds. The van der Waals surface area contributed by atoms with Gasteiger partial charge in [-0.2, -0.15) is 0 Å². The molecule has 1 aliphatic rings. The lowest BCUT2D eigenvalue weighted by atomic mass is 10.0. The number of rotatable bonds is 5. The zero-order valence-corrected chi connectivity index (χ0v) is 15.4. The molecule has 2 aromatic rings. The smallest absolute Gasteiger partial charge is 0.260 e. The second-order valence-electron chi connectivity index (χ2n) is 6.46. The van der Waals surface area contributed by atoms with Crippen molar-refractivity contribution in [2.75, 3.05) is 18.0 Å². The van der Waals surface area contributed by atoms with E-state index in [0.29, 0.717) is 10.8 Å². The molecule has 1 unspecified atom stereocenters. The monoisotopic (exact) mass is 376 g/mol. The highest BCUT2D eigenvalue weighted by molar-refractivity contribution is 6.30. The summed E-state index contributed by atoms with van der Waals surface area (Å²) >= 11 is 5.84. The average molecular weight is 377 g/mol. The Hall–Kier alpha value is -2.27. The van der Waals surface area contributed by atoms with E-state index in [2.05, 4.69) is 10.2 Å². The highest BCUT2D eigenvalue weighted by Gasteiger charge is 2.23. The summed E-state index contributed by atoms with van der Waals surface area (Å²) in [6.45, 7) is 3.29. The summed E-state index contributed by atoms with van der Waals surface area (Å²) in [5.74, 6) is 0.244. The van der Waals surface area contributed by atoms with Crippen molar-refractivity contribution in [3.8, 4) is 5.75 Å². The van der Waals surface area contributed by atoms with Crippen LogP contribution in [0.25, 0.3) is 0 Å². The number of carbonyl (C=O) groups excluding carboxylic acids is 1. The molecule has 0 aliphatic carbocycles. The van der Waals surface area contributed by atoms with E-state index in [9.17, 15) is 9.18 Å². The van der Waals surface area contributed by atoms with Crippen molar-refractivity contribution < 1.29 is 13.9 Å². The second-order valence-corrected chi connectivity index (χ2v) is 6.90. The molecule has 2 aromatic carbocycles. The molecule has 4 nitrogen and oxygen atoms in total.